The number of aryl methyl sites for hydroxylation is 1. The smallest absolute Gasteiger partial charge is 0.305 e. The van der Waals surface area contributed by atoms with Crippen molar-refractivity contribution in [3.8, 4) is 0 Å². The summed E-state index contributed by atoms with van der Waals surface area (Å²) in [5, 5.41) is 0. The standard InChI is InChI=1S/C12H20N2O3S2/c1-3-9-4-6-10(7-5-9)14-19(16,17)11-8(2)13-12(15)18-11/h9-10,14H,3-7H2,1-2H3,(H,13,15). The van der Waals surface area contributed by atoms with Gasteiger partial charge in [-0.3, -0.25) is 4.79 Å². The van der Waals surface area contributed by atoms with Crippen molar-refractivity contribution in [3.63, 3.8) is 0 Å². The zero-order chi connectivity index (χ0) is 14.0. The minimum absolute atomic E-state index is 0.00408. The van der Waals surface area contributed by atoms with E-state index in [1.54, 1.807) is 6.92 Å². The number of thiazole rings is 1. The Bertz CT molecular complexity index is 580. The molecule has 0 unspecified atom stereocenters. The van der Waals surface area contributed by atoms with Gasteiger partial charge in [0.1, 0.15) is 0 Å². The van der Waals surface area contributed by atoms with Crippen molar-refractivity contribution in [1.82, 2.24) is 9.71 Å². The van der Waals surface area contributed by atoms with Gasteiger partial charge in [0.15, 0.2) is 4.21 Å². The molecule has 5 nitrogen and oxygen atoms in total. The van der Waals surface area contributed by atoms with Crippen LogP contribution in [0.3, 0.4) is 0 Å². The van der Waals surface area contributed by atoms with E-state index in [1.165, 1.54) is 0 Å². The summed E-state index contributed by atoms with van der Waals surface area (Å²) in [6, 6.07) is 0.00408. The van der Waals surface area contributed by atoms with E-state index in [0.717, 1.165) is 49.4 Å². The Balaban J connectivity index is 2.06. The summed E-state index contributed by atoms with van der Waals surface area (Å²) < 4.78 is 27.3. The highest BCUT2D eigenvalue weighted by atomic mass is 32.2. The van der Waals surface area contributed by atoms with Gasteiger partial charge in [-0.05, 0) is 38.5 Å². The van der Waals surface area contributed by atoms with Crippen LogP contribution in [-0.2, 0) is 10.0 Å². The molecule has 19 heavy (non-hydrogen) atoms. The summed E-state index contributed by atoms with van der Waals surface area (Å²) in [4.78, 5) is 13.4. The highest BCUT2D eigenvalue weighted by Crippen LogP contribution is 2.27. The summed E-state index contributed by atoms with van der Waals surface area (Å²) in [5.41, 5.74) is 0.421. The van der Waals surface area contributed by atoms with Gasteiger partial charge in [-0.2, -0.15) is 0 Å². The Morgan fingerprint density at radius 2 is 1.95 bits per heavy atom. The molecule has 1 aliphatic carbocycles. The average Bonchev–Trinajstić information content (AvgIpc) is 2.70. The van der Waals surface area contributed by atoms with Crippen molar-refractivity contribution in [2.24, 2.45) is 5.92 Å². The number of nitrogens with one attached hydrogen (secondary N) is 2. The number of hydrogen-bond acceptors (Lipinski definition) is 4. The molecule has 1 saturated carbocycles. The van der Waals surface area contributed by atoms with E-state index < -0.39 is 10.0 Å². The molecule has 0 saturated heterocycles. The van der Waals surface area contributed by atoms with Crippen LogP contribution >= 0.6 is 11.3 Å². The maximum absolute atomic E-state index is 12.2. The number of aromatic nitrogens is 1. The molecule has 0 radical (unpaired) electrons. The third-order valence-corrected chi connectivity index (χ3v) is 6.90. The van der Waals surface area contributed by atoms with Gasteiger partial charge in [0.25, 0.3) is 10.0 Å². The summed E-state index contributed by atoms with van der Waals surface area (Å²) in [5.74, 6) is 0.728. The molecule has 1 fully saturated rings. The zero-order valence-electron chi connectivity index (χ0n) is 11.2. The Kier molecular flexibility index (Phi) is 4.47. The first-order valence-corrected chi connectivity index (χ1v) is 8.94. The monoisotopic (exact) mass is 304 g/mol. The molecule has 1 aromatic rings. The fraction of sp³-hybridized carbons (Fsp3) is 0.750. The normalized spacial score (nSPS) is 24.5. The predicted molar refractivity (Wildman–Crippen MR) is 76.0 cm³/mol. The van der Waals surface area contributed by atoms with Crippen LogP contribution in [0, 0.1) is 12.8 Å². The zero-order valence-corrected chi connectivity index (χ0v) is 12.9. The molecule has 108 valence electrons. The lowest BCUT2D eigenvalue weighted by atomic mass is 9.85. The summed E-state index contributed by atoms with van der Waals surface area (Å²) in [6.07, 6.45) is 5.09. The van der Waals surface area contributed by atoms with Crippen LogP contribution in [0.1, 0.15) is 44.7 Å². The molecule has 2 rings (SSSR count). The predicted octanol–water partition coefficient (Wildman–Crippen LogP) is 1.99. The molecular weight excluding hydrogens is 284 g/mol. The fourth-order valence-electron chi connectivity index (χ4n) is 2.61. The van der Waals surface area contributed by atoms with Gasteiger partial charge in [-0.1, -0.05) is 24.7 Å². The van der Waals surface area contributed by atoms with Gasteiger partial charge >= 0.3 is 4.87 Å². The van der Waals surface area contributed by atoms with Crippen molar-refractivity contribution in [2.45, 2.75) is 56.2 Å². The number of H-pyrrole nitrogens is 1. The molecule has 1 aliphatic rings. The van der Waals surface area contributed by atoms with Crippen LogP contribution in [0.5, 0.6) is 0 Å². The van der Waals surface area contributed by atoms with Crippen LogP contribution in [0.25, 0.3) is 0 Å². The molecule has 0 bridgehead atoms. The first-order valence-electron chi connectivity index (χ1n) is 6.64. The maximum Gasteiger partial charge on any atom is 0.305 e. The molecule has 0 amide bonds. The SMILES string of the molecule is CCC1CCC(NS(=O)(=O)c2sc(=O)[nH]c2C)CC1. The number of aromatic amines is 1. The lowest BCUT2D eigenvalue weighted by molar-refractivity contribution is 0.306. The third-order valence-electron chi connectivity index (χ3n) is 3.77. The topological polar surface area (TPSA) is 79.0 Å². The first-order chi connectivity index (χ1) is 8.92. The summed E-state index contributed by atoms with van der Waals surface area (Å²) in [6.45, 7) is 3.79. The van der Waals surface area contributed by atoms with Gasteiger partial charge in [-0.25, -0.2) is 13.1 Å². The number of rotatable bonds is 4. The lowest BCUT2D eigenvalue weighted by Crippen LogP contribution is -2.37. The molecule has 1 heterocycles. The second kappa shape index (κ2) is 5.76. The summed E-state index contributed by atoms with van der Waals surface area (Å²) in [7, 11) is -3.56. The number of sulfonamides is 1. The van der Waals surface area contributed by atoms with E-state index in [2.05, 4.69) is 16.6 Å². The molecule has 7 heteroatoms. The van der Waals surface area contributed by atoms with Crippen molar-refractivity contribution < 1.29 is 8.42 Å². The van der Waals surface area contributed by atoms with Crippen molar-refractivity contribution in [2.75, 3.05) is 0 Å². The number of hydrogen-bond donors (Lipinski definition) is 2. The Morgan fingerprint density at radius 1 is 1.32 bits per heavy atom. The minimum atomic E-state index is -3.56. The second-order valence-electron chi connectivity index (χ2n) is 5.17. The van der Waals surface area contributed by atoms with Crippen LogP contribution in [0.4, 0.5) is 0 Å². The van der Waals surface area contributed by atoms with Gasteiger partial charge < -0.3 is 4.98 Å². The van der Waals surface area contributed by atoms with Crippen LogP contribution in [-0.4, -0.2) is 19.4 Å². The molecule has 1 aromatic heterocycles. The first kappa shape index (κ1) is 14.7. The minimum Gasteiger partial charge on any atom is -0.315 e. The maximum atomic E-state index is 12.2. The molecule has 2 N–H and O–H groups in total. The van der Waals surface area contributed by atoms with E-state index in [4.69, 9.17) is 0 Å². The quantitative estimate of drug-likeness (QED) is 0.893. The molecule has 0 aliphatic heterocycles. The van der Waals surface area contributed by atoms with E-state index >= 15 is 0 Å². The van der Waals surface area contributed by atoms with Crippen molar-refractivity contribution in [1.29, 1.82) is 0 Å². The highest BCUT2D eigenvalue weighted by Gasteiger charge is 2.27. The molecular formula is C12H20N2O3S2. The van der Waals surface area contributed by atoms with Crippen LogP contribution in [0.2, 0.25) is 0 Å². The largest absolute Gasteiger partial charge is 0.315 e. The van der Waals surface area contributed by atoms with E-state index in [1.807, 2.05) is 0 Å². The average molecular weight is 304 g/mol. The van der Waals surface area contributed by atoms with Gasteiger partial charge in [0.2, 0.25) is 0 Å². The lowest BCUT2D eigenvalue weighted by Gasteiger charge is -2.28. The third kappa shape index (κ3) is 3.46. The van der Waals surface area contributed by atoms with Crippen LogP contribution < -0.4 is 9.60 Å². The van der Waals surface area contributed by atoms with E-state index in [-0.39, 0.29) is 15.1 Å². The summed E-state index contributed by atoms with van der Waals surface area (Å²) >= 11 is 0.753. The van der Waals surface area contributed by atoms with E-state index in [0.29, 0.717) is 5.69 Å². The Labute approximate surface area is 117 Å². The molecule has 0 atom stereocenters. The van der Waals surface area contributed by atoms with Gasteiger partial charge in [0.05, 0.1) is 0 Å². The van der Waals surface area contributed by atoms with Gasteiger partial charge in [0, 0.05) is 11.7 Å². The second-order valence-corrected chi connectivity index (χ2v) is 8.07. The highest BCUT2D eigenvalue weighted by molar-refractivity contribution is 7.91. The van der Waals surface area contributed by atoms with Crippen molar-refractivity contribution >= 4 is 21.4 Å². The Morgan fingerprint density at radius 3 is 2.42 bits per heavy atom. The van der Waals surface area contributed by atoms with E-state index in [9.17, 15) is 13.2 Å². The van der Waals surface area contributed by atoms with Crippen LogP contribution in [0.15, 0.2) is 9.00 Å². The molecule has 0 aromatic carbocycles. The van der Waals surface area contributed by atoms with Gasteiger partial charge in [-0.15, -0.1) is 0 Å². The Hall–Kier alpha value is -0.660. The molecule has 0 spiro atoms. The van der Waals surface area contributed by atoms with Crippen molar-refractivity contribution in [3.05, 3.63) is 15.4 Å². The fourth-order valence-corrected chi connectivity index (χ4v) is 5.23.